The molecule has 1 aliphatic heterocycles. The summed E-state index contributed by atoms with van der Waals surface area (Å²) in [7, 11) is 2.02. The molecule has 2 nitrogen and oxygen atoms in total. The Kier molecular flexibility index (Phi) is 4.87. The Bertz CT molecular complexity index is 386. The van der Waals surface area contributed by atoms with Gasteiger partial charge in [-0.05, 0) is 31.5 Å². The van der Waals surface area contributed by atoms with Crippen molar-refractivity contribution in [1.29, 1.82) is 0 Å². The average molecular weight is 260 g/mol. The molecule has 0 amide bonds. The van der Waals surface area contributed by atoms with Crippen LogP contribution < -0.4 is 10.2 Å². The van der Waals surface area contributed by atoms with Crippen molar-refractivity contribution in [2.24, 2.45) is 5.41 Å². The summed E-state index contributed by atoms with van der Waals surface area (Å²) >= 11 is 0. The molecule has 1 N–H and O–H groups in total. The van der Waals surface area contributed by atoms with E-state index < -0.39 is 0 Å². The van der Waals surface area contributed by atoms with Crippen LogP contribution in [0.1, 0.15) is 45.1 Å². The molecule has 1 heterocycles. The van der Waals surface area contributed by atoms with Gasteiger partial charge in [0.1, 0.15) is 0 Å². The molecule has 0 bridgehead atoms. The van der Waals surface area contributed by atoms with Gasteiger partial charge >= 0.3 is 0 Å². The maximum atomic E-state index is 3.27. The fraction of sp³-hybridized carbons (Fsp3) is 0.647. The molecule has 0 aromatic heterocycles. The number of hydrogen-bond acceptors (Lipinski definition) is 2. The summed E-state index contributed by atoms with van der Waals surface area (Å²) in [4.78, 5) is 2.57. The summed E-state index contributed by atoms with van der Waals surface area (Å²) in [6.07, 6.45) is 5.38. The Labute approximate surface area is 118 Å². The Morgan fingerprint density at radius 2 is 1.74 bits per heavy atom. The minimum Gasteiger partial charge on any atom is -0.370 e. The third-order valence-electron chi connectivity index (χ3n) is 4.31. The van der Waals surface area contributed by atoms with Gasteiger partial charge in [0.15, 0.2) is 0 Å². The lowest BCUT2D eigenvalue weighted by Crippen LogP contribution is -2.56. The molecule has 1 saturated heterocycles. The predicted molar refractivity (Wildman–Crippen MR) is 83.7 cm³/mol. The van der Waals surface area contributed by atoms with Crippen molar-refractivity contribution < 1.29 is 0 Å². The third kappa shape index (κ3) is 3.11. The van der Waals surface area contributed by atoms with E-state index in [-0.39, 0.29) is 0 Å². The Morgan fingerprint density at radius 1 is 1.11 bits per heavy atom. The molecule has 1 aliphatic rings. The van der Waals surface area contributed by atoms with E-state index in [1.165, 1.54) is 50.0 Å². The van der Waals surface area contributed by atoms with E-state index in [9.17, 15) is 0 Å². The van der Waals surface area contributed by atoms with E-state index in [1.54, 1.807) is 0 Å². The van der Waals surface area contributed by atoms with Gasteiger partial charge in [-0.2, -0.15) is 0 Å². The molecule has 0 spiro atoms. The van der Waals surface area contributed by atoms with Crippen LogP contribution in [-0.2, 0) is 6.54 Å². The summed E-state index contributed by atoms with van der Waals surface area (Å²) in [5.74, 6) is 0. The lowest BCUT2D eigenvalue weighted by molar-refractivity contribution is 0.173. The Balaban J connectivity index is 2.06. The minimum atomic E-state index is 0.594. The van der Waals surface area contributed by atoms with E-state index in [2.05, 4.69) is 48.3 Å². The number of hydrogen-bond donors (Lipinski definition) is 1. The largest absolute Gasteiger partial charge is 0.370 e. The second-order valence-electron chi connectivity index (χ2n) is 6.02. The number of para-hydroxylation sites is 1. The number of nitrogens with zero attached hydrogens (tertiary/aromatic N) is 1. The van der Waals surface area contributed by atoms with Gasteiger partial charge < -0.3 is 10.2 Å². The maximum Gasteiger partial charge on any atom is 0.0412 e. The second-order valence-corrected chi connectivity index (χ2v) is 6.02. The van der Waals surface area contributed by atoms with E-state index in [1.807, 2.05) is 7.05 Å². The standard InChI is InChI=1S/C17H28N2/c1-4-10-17(11-5-2)13-19(14-17)16-9-7-6-8-15(16)12-18-3/h6-9,18H,4-5,10-14H2,1-3H3. The molecule has 2 heteroatoms. The Morgan fingerprint density at radius 3 is 2.32 bits per heavy atom. The van der Waals surface area contributed by atoms with Crippen molar-refractivity contribution in [3.63, 3.8) is 0 Å². The SMILES string of the molecule is CCCC1(CCC)CN(c2ccccc2CNC)C1. The highest BCUT2D eigenvalue weighted by Gasteiger charge is 2.41. The molecule has 1 aromatic rings. The molecule has 106 valence electrons. The highest BCUT2D eigenvalue weighted by molar-refractivity contribution is 5.56. The van der Waals surface area contributed by atoms with Gasteiger partial charge in [-0.25, -0.2) is 0 Å². The van der Waals surface area contributed by atoms with Crippen LogP contribution in [0.3, 0.4) is 0 Å². The molecular formula is C17H28N2. The van der Waals surface area contributed by atoms with Crippen LogP contribution in [0.15, 0.2) is 24.3 Å². The van der Waals surface area contributed by atoms with Crippen LogP contribution in [0.5, 0.6) is 0 Å². The zero-order valence-corrected chi connectivity index (χ0v) is 12.7. The topological polar surface area (TPSA) is 15.3 Å². The van der Waals surface area contributed by atoms with Gasteiger partial charge in [-0.1, -0.05) is 44.9 Å². The highest BCUT2D eigenvalue weighted by atomic mass is 15.2. The minimum absolute atomic E-state index is 0.594. The van der Waals surface area contributed by atoms with Crippen LogP contribution in [0.4, 0.5) is 5.69 Å². The van der Waals surface area contributed by atoms with Crippen LogP contribution in [0.25, 0.3) is 0 Å². The zero-order chi connectivity index (χ0) is 13.7. The number of nitrogens with one attached hydrogen (secondary N) is 1. The molecule has 0 saturated carbocycles. The smallest absolute Gasteiger partial charge is 0.0412 e. The number of rotatable bonds is 7. The van der Waals surface area contributed by atoms with Gasteiger partial charge in [-0.3, -0.25) is 0 Å². The van der Waals surface area contributed by atoms with Crippen LogP contribution in [0.2, 0.25) is 0 Å². The van der Waals surface area contributed by atoms with Crippen LogP contribution in [0, 0.1) is 5.41 Å². The third-order valence-corrected chi connectivity index (χ3v) is 4.31. The van der Waals surface area contributed by atoms with Gasteiger partial charge in [0.05, 0.1) is 0 Å². The lowest BCUT2D eigenvalue weighted by atomic mass is 9.72. The van der Waals surface area contributed by atoms with Crippen molar-refractivity contribution in [2.45, 2.75) is 46.1 Å². The summed E-state index contributed by atoms with van der Waals surface area (Å²) < 4.78 is 0. The summed E-state index contributed by atoms with van der Waals surface area (Å²) in [6, 6.07) is 8.81. The normalized spacial score (nSPS) is 17.3. The number of anilines is 1. The molecule has 0 atom stereocenters. The van der Waals surface area contributed by atoms with Gasteiger partial charge in [0.25, 0.3) is 0 Å². The first kappa shape index (κ1) is 14.4. The fourth-order valence-electron chi connectivity index (χ4n) is 3.59. The average Bonchev–Trinajstić information content (AvgIpc) is 2.37. The molecular weight excluding hydrogens is 232 g/mol. The van der Waals surface area contributed by atoms with Crippen LogP contribution in [-0.4, -0.2) is 20.1 Å². The first-order chi connectivity index (χ1) is 9.24. The fourth-order valence-corrected chi connectivity index (χ4v) is 3.59. The van der Waals surface area contributed by atoms with E-state index >= 15 is 0 Å². The molecule has 0 radical (unpaired) electrons. The first-order valence-electron chi connectivity index (χ1n) is 7.72. The van der Waals surface area contributed by atoms with Gasteiger partial charge in [-0.15, -0.1) is 0 Å². The van der Waals surface area contributed by atoms with E-state index in [0.29, 0.717) is 5.41 Å². The number of benzene rings is 1. The lowest BCUT2D eigenvalue weighted by Gasteiger charge is -2.52. The first-order valence-corrected chi connectivity index (χ1v) is 7.72. The second kappa shape index (κ2) is 6.42. The van der Waals surface area contributed by atoms with Crippen molar-refractivity contribution in [3.8, 4) is 0 Å². The van der Waals surface area contributed by atoms with Crippen molar-refractivity contribution >= 4 is 5.69 Å². The molecule has 0 aliphatic carbocycles. The zero-order valence-electron chi connectivity index (χ0n) is 12.7. The summed E-state index contributed by atoms with van der Waals surface area (Å²) in [6.45, 7) is 8.08. The van der Waals surface area contributed by atoms with E-state index in [4.69, 9.17) is 0 Å². The highest BCUT2D eigenvalue weighted by Crippen LogP contribution is 2.42. The Hall–Kier alpha value is -1.02. The van der Waals surface area contributed by atoms with Crippen molar-refractivity contribution in [3.05, 3.63) is 29.8 Å². The molecule has 0 unspecified atom stereocenters. The van der Waals surface area contributed by atoms with Crippen molar-refractivity contribution in [2.75, 3.05) is 25.0 Å². The van der Waals surface area contributed by atoms with Gasteiger partial charge in [0, 0.05) is 30.7 Å². The van der Waals surface area contributed by atoms with E-state index in [0.717, 1.165) is 6.54 Å². The van der Waals surface area contributed by atoms with Crippen molar-refractivity contribution in [1.82, 2.24) is 5.32 Å². The monoisotopic (exact) mass is 260 g/mol. The summed E-state index contributed by atoms with van der Waals surface area (Å²) in [5, 5.41) is 3.27. The summed E-state index contributed by atoms with van der Waals surface area (Å²) in [5.41, 5.74) is 3.45. The molecule has 19 heavy (non-hydrogen) atoms. The van der Waals surface area contributed by atoms with Gasteiger partial charge in [0.2, 0.25) is 0 Å². The van der Waals surface area contributed by atoms with Crippen LogP contribution >= 0.6 is 0 Å². The molecule has 1 aromatic carbocycles. The predicted octanol–water partition coefficient (Wildman–Crippen LogP) is 3.81. The quantitative estimate of drug-likeness (QED) is 0.802. The molecule has 1 fully saturated rings. The maximum absolute atomic E-state index is 3.27. The molecule has 2 rings (SSSR count).